The maximum absolute atomic E-state index is 13.3. The van der Waals surface area contributed by atoms with Crippen molar-refractivity contribution >= 4 is 27.9 Å². The van der Waals surface area contributed by atoms with Crippen LogP contribution in [0.25, 0.3) is 0 Å². The number of aromatic nitrogens is 1. The van der Waals surface area contributed by atoms with Crippen LogP contribution in [0, 0.1) is 5.92 Å². The zero-order chi connectivity index (χ0) is 20.2. The third-order valence-electron chi connectivity index (χ3n) is 5.30. The lowest BCUT2D eigenvalue weighted by molar-refractivity contribution is 0.102. The summed E-state index contributed by atoms with van der Waals surface area (Å²) in [6.45, 7) is 2.94. The van der Waals surface area contributed by atoms with Gasteiger partial charge in [0.2, 0.25) is 0 Å². The Labute approximate surface area is 175 Å². The van der Waals surface area contributed by atoms with Gasteiger partial charge in [0.25, 0.3) is 5.91 Å². The van der Waals surface area contributed by atoms with Crippen LogP contribution in [0.3, 0.4) is 0 Å². The third kappa shape index (κ3) is 4.27. The summed E-state index contributed by atoms with van der Waals surface area (Å²) >= 11 is 1.71. The Bertz CT molecular complexity index is 1000. The fourth-order valence-electron chi connectivity index (χ4n) is 3.73. The van der Waals surface area contributed by atoms with E-state index in [1.165, 1.54) is 10.4 Å². The Morgan fingerprint density at radius 1 is 1.24 bits per heavy atom. The van der Waals surface area contributed by atoms with Gasteiger partial charge in [-0.1, -0.05) is 19.1 Å². The van der Waals surface area contributed by atoms with Gasteiger partial charge in [0.1, 0.15) is 10.8 Å². The summed E-state index contributed by atoms with van der Waals surface area (Å²) in [5, 5.41) is 7.49. The van der Waals surface area contributed by atoms with Crippen LogP contribution in [-0.2, 0) is 19.4 Å². The topological polar surface area (TPSA) is 63.2 Å². The van der Waals surface area contributed by atoms with Crippen molar-refractivity contribution in [2.45, 2.75) is 32.7 Å². The summed E-state index contributed by atoms with van der Waals surface area (Å²) in [6, 6.07) is 11.5. The van der Waals surface area contributed by atoms with Gasteiger partial charge in [-0.2, -0.15) is 0 Å². The van der Waals surface area contributed by atoms with Gasteiger partial charge in [-0.3, -0.25) is 9.78 Å². The molecule has 0 radical (unpaired) electrons. The number of para-hydroxylation sites is 2. The molecule has 2 heterocycles. The number of hydrogen-bond donors (Lipinski definition) is 2. The number of anilines is 2. The maximum atomic E-state index is 13.3. The van der Waals surface area contributed by atoms with E-state index in [1.807, 2.05) is 36.4 Å². The molecule has 1 aliphatic rings. The molecule has 5 nitrogen and oxygen atoms in total. The number of nitrogens with zero attached hydrogens (tertiary/aromatic N) is 1. The molecule has 4 rings (SSSR count). The molecule has 1 atom stereocenters. The minimum atomic E-state index is -0.0845. The first-order chi connectivity index (χ1) is 14.2. The van der Waals surface area contributed by atoms with E-state index in [9.17, 15) is 4.79 Å². The number of pyridine rings is 1. The average Bonchev–Trinajstić information content (AvgIpc) is 3.11. The summed E-state index contributed by atoms with van der Waals surface area (Å²) in [4.78, 5) is 18.7. The van der Waals surface area contributed by atoms with Crippen LogP contribution in [0.4, 0.5) is 10.7 Å². The molecule has 0 aliphatic heterocycles. The predicted octanol–water partition coefficient (Wildman–Crippen LogP) is 5.14. The molecule has 1 aliphatic carbocycles. The van der Waals surface area contributed by atoms with E-state index in [0.717, 1.165) is 35.4 Å². The maximum Gasteiger partial charge on any atom is 0.259 e. The quantitative estimate of drug-likeness (QED) is 0.594. The second-order valence-electron chi connectivity index (χ2n) is 7.42. The molecule has 0 unspecified atom stereocenters. The predicted molar refractivity (Wildman–Crippen MR) is 118 cm³/mol. The summed E-state index contributed by atoms with van der Waals surface area (Å²) in [7, 11) is 1.61. The van der Waals surface area contributed by atoms with Crippen molar-refractivity contribution in [3.63, 3.8) is 0 Å². The first-order valence-corrected chi connectivity index (χ1v) is 10.7. The highest BCUT2D eigenvalue weighted by atomic mass is 32.1. The largest absolute Gasteiger partial charge is 0.495 e. The number of carbonyl (C=O) groups excluding carboxylic acids is 1. The molecule has 0 bridgehead atoms. The summed E-state index contributed by atoms with van der Waals surface area (Å²) in [5.41, 5.74) is 3.79. The van der Waals surface area contributed by atoms with E-state index in [1.54, 1.807) is 30.8 Å². The molecule has 29 heavy (non-hydrogen) atoms. The monoisotopic (exact) mass is 407 g/mol. The molecule has 3 aromatic rings. The molecule has 0 fully saturated rings. The molecule has 2 N–H and O–H groups in total. The van der Waals surface area contributed by atoms with Crippen molar-refractivity contribution in [3.05, 3.63) is 70.4 Å². The Kier molecular flexibility index (Phi) is 5.81. The van der Waals surface area contributed by atoms with Crippen molar-refractivity contribution in [1.29, 1.82) is 0 Å². The van der Waals surface area contributed by atoms with Gasteiger partial charge in [-0.15, -0.1) is 11.3 Å². The van der Waals surface area contributed by atoms with E-state index in [-0.39, 0.29) is 5.91 Å². The fourth-order valence-corrected chi connectivity index (χ4v) is 5.14. The molecule has 2 aromatic heterocycles. The molecule has 150 valence electrons. The first-order valence-electron chi connectivity index (χ1n) is 9.87. The van der Waals surface area contributed by atoms with Crippen LogP contribution in [0.15, 0.2) is 48.8 Å². The fraction of sp³-hybridized carbons (Fsp3) is 0.304. The molecule has 0 saturated heterocycles. The second-order valence-corrected chi connectivity index (χ2v) is 8.52. The van der Waals surface area contributed by atoms with Crippen molar-refractivity contribution in [3.8, 4) is 5.75 Å². The number of hydrogen-bond acceptors (Lipinski definition) is 5. The third-order valence-corrected chi connectivity index (χ3v) is 6.51. The van der Waals surface area contributed by atoms with Crippen molar-refractivity contribution in [2.24, 2.45) is 5.92 Å². The number of ether oxygens (including phenoxy) is 1. The molecule has 0 spiro atoms. The highest BCUT2D eigenvalue weighted by molar-refractivity contribution is 7.16. The molecule has 0 saturated carbocycles. The van der Waals surface area contributed by atoms with E-state index < -0.39 is 0 Å². The molecule has 1 amide bonds. The van der Waals surface area contributed by atoms with Gasteiger partial charge in [0, 0.05) is 23.8 Å². The SMILES string of the molecule is COc1ccccc1NC(=O)c1c(NCc2ccncc2)sc2c1CC[C@H](C)C2. The Morgan fingerprint density at radius 3 is 2.83 bits per heavy atom. The van der Waals surface area contributed by atoms with Gasteiger partial charge in [0.15, 0.2) is 0 Å². The summed E-state index contributed by atoms with van der Waals surface area (Å²) < 4.78 is 5.39. The lowest BCUT2D eigenvalue weighted by Gasteiger charge is -2.19. The van der Waals surface area contributed by atoms with Gasteiger partial charge in [-0.05, 0) is 60.6 Å². The Morgan fingerprint density at radius 2 is 2.03 bits per heavy atom. The number of fused-ring (bicyclic) bond motifs is 1. The van der Waals surface area contributed by atoms with Crippen LogP contribution in [0.1, 0.15) is 39.7 Å². The highest BCUT2D eigenvalue weighted by Crippen LogP contribution is 2.40. The van der Waals surface area contributed by atoms with E-state index in [0.29, 0.717) is 23.9 Å². The molecular formula is C23H25N3O2S. The second kappa shape index (κ2) is 8.66. The number of carbonyl (C=O) groups is 1. The number of benzene rings is 1. The zero-order valence-corrected chi connectivity index (χ0v) is 17.5. The minimum absolute atomic E-state index is 0.0845. The Balaban J connectivity index is 1.64. The first kappa shape index (κ1) is 19.5. The van der Waals surface area contributed by atoms with Gasteiger partial charge in [0.05, 0.1) is 18.4 Å². The van der Waals surface area contributed by atoms with Gasteiger partial charge < -0.3 is 15.4 Å². The zero-order valence-electron chi connectivity index (χ0n) is 16.7. The molecule has 1 aromatic carbocycles. The standard InChI is InChI=1S/C23H25N3O2S/c1-15-7-8-17-20(13-15)29-23(25-14-16-9-11-24-12-10-16)21(17)22(27)26-18-5-3-4-6-19(18)28-2/h3-6,9-12,15,25H,7-8,13-14H2,1-2H3,(H,26,27)/t15-/m0/s1. The summed E-state index contributed by atoms with van der Waals surface area (Å²) in [5.74, 6) is 1.22. The number of thiophene rings is 1. The normalized spacial score (nSPS) is 15.4. The van der Waals surface area contributed by atoms with Crippen molar-refractivity contribution in [2.75, 3.05) is 17.7 Å². The smallest absolute Gasteiger partial charge is 0.259 e. The molecular weight excluding hydrogens is 382 g/mol. The summed E-state index contributed by atoms with van der Waals surface area (Å²) in [6.07, 6.45) is 6.66. The van der Waals surface area contributed by atoms with E-state index in [4.69, 9.17) is 4.74 Å². The van der Waals surface area contributed by atoms with Crippen LogP contribution >= 0.6 is 11.3 Å². The van der Waals surface area contributed by atoms with Crippen LogP contribution in [0.5, 0.6) is 5.75 Å². The highest BCUT2D eigenvalue weighted by Gasteiger charge is 2.28. The minimum Gasteiger partial charge on any atom is -0.495 e. The van der Waals surface area contributed by atoms with Crippen LogP contribution < -0.4 is 15.4 Å². The molecule has 6 heteroatoms. The van der Waals surface area contributed by atoms with Crippen LogP contribution in [-0.4, -0.2) is 18.0 Å². The number of nitrogens with one attached hydrogen (secondary N) is 2. The lowest BCUT2D eigenvalue weighted by Crippen LogP contribution is -2.18. The van der Waals surface area contributed by atoms with Crippen LogP contribution in [0.2, 0.25) is 0 Å². The van der Waals surface area contributed by atoms with Gasteiger partial charge in [-0.25, -0.2) is 0 Å². The lowest BCUT2D eigenvalue weighted by atomic mass is 9.88. The number of methoxy groups -OCH3 is 1. The van der Waals surface area contributed by atoms with E-state index >= 15 is 0 Å². The van der Waals surface area contributed by atoms with E-state index in [2.05, 4.69) is 22.5 Å². The average molecular weight is 408 g/mol. The Hall–Kier alpha value is -2.86. The van der Waals surface area contributed by atoms with Crippen molar-refractivity contribution < 1.29 is 9.53 Å². The number of rotatable bonds is 6. The van der Waals surface area contributed by atoms with Gasteiger partial charge >= 0.3 is 0 Å². The van der Waals surface area contributed by atoms with Crippen molar-refractivity contribution in [1.82, 2.24) is 4.98 Å². The number of amides is 1.